The van der Waals surface area contributed by atoms with Crippen molar-refractivity contribution in [1.82, 2.24) is 0 Å². The fraction of sp³-hybridized carbons (Fsp3) is 0. The van der Waals surface area contributed by atoms with Crippen molar-refractivity contribution >= 4 is 55.1 Å². The van der Waals surface area contributed by atoms with Gasteiger partial charge in [0, 0.05) is 20.2 Å². The second-order valence-corrected chi connectivity index (χ2v) is 5.77. The second kappa shape index (κ2) is 5.87. The van der Waals surface area contributed by atoms with Crippen LogP contribution in [0.5, 0.6) is 0 Å². The Kier molecular flexibility index (Phi) is 4.43. The Labute approximate surface area is 127 Å². The Balaban J connectivity index is 2.18. The van der Waals surface area contributed by atoms with Crippen LogP contribution in [-0.2, 0) is 0 Å². The molecule has 0 aliphatic carbocycles. The van der Waals surface area contributed by atoms with Gasteiger partial charge in [0.25, 0.3) is 5.91 Å². The van der Waals surface area contributed by atoms with Gasteiger partial charge in [-0.3, -0.25) is 4.79 Å². The van der Waals surface area contributed by atoms with Crippen LogP contribution in [0.25, 0.3) is 0 Å². The van der Waals surface area contributed by atoms with E-state index in [4.69, 9.17) is 11.6 Å². The second-order valence-electron chi connectivity index (χ2n) is 3.59. The van der Waals surface area contributed by atoms with E-state index in [9.17, 15) is 4.79 Å². The molecule has 0 aliphatic heterocycles. The zero-order chi connectivity index (χ0) is 13.1. The van der Waals surface area contributed by atoms with Gasteiger partial charge in [-0.1, -0.05) is 33.6 Å². The van der Waals surface area contributed by atoms with Crippen LogP contribution < -0.4 is 5.32 Å². The summed E-state index contributed by atoms with van der Waals surface area (Å²) in [4.78, 5) is 12.0. The number of nitrogens with one attached hydrogen (secondary N) is 1. The van der Waals surface area contributed by atoms with Crippen LogP contribution in [0.1, 0.15) is 10.4 Å². The smallest absolute Gasteiger partial charge is 0.255 e. The van der Waals surface area contributed by atoms with E-state index in [-0.39, 0.29) is 5.91 Å². The first-order chi connectivity index (χ1) is 8.56. The average Bonchev–Trinajstić information content (AvgIpc) is 2.34. The molecular formula is C13H8Br2ClNO. The van der Waals surface area contributed by atoms with Crippen molar-refractivity contribution in [3.8, 4) is 0 Å². The summed E-state index contributed by atoms with van der Waals surface area (Å²) in [6.45, 7) is 0. The molecular weight excluding hydrogens is 381 g/mol. The quantitative estimate of drug-likeness (QED) is 0.759. The van der Waals surface area contributed by atoms with Crippen LogP contribution in [0.15, 0.2) is 51.4 Å². The van der Waals surface area contributed by atoms with E-state index in [0.717, 1.165) is 8.95 Å². The number of amides is 1. The van der Waals surface area contributed by atoms with Gasteiger partial charge in [-0.05, 0) is 52.3 Å². The van der Waals surface area contributed by atoms with Crippen LogP contribution in [0.4, 0.5) is 5.69 Å². The van der Waals surface area contributed by atoms with Gasteiger partial charge < -0.3 is 5.32 Å². The molecule has 0 atom stereocenters. The number of anilines is 1. The first kappa shape index (κ1) is 13.6. The number of halogens is 3. The number of hydrogen-bond acceptors (Lipinski definition) is 1. The minimum atomic E-state index is -0.162. The van der Waals surface area contributed by atoms with E-state index in [1.807, 2.05) is 12.1 Å². The molecule has 2 nitrogen and oxygen atoms in total. The lowest BCUT2D eigenvalue weighted by Crippen LogP contribution is -2.11. The Morgan fingerprint density at radius 3 is 2.56 bits per heavy atom. The molecule has 0 radical (unpaired) electrons. The summed E-state index contributed by atoms with van der Waals surface area (Å²) in [7, 11) is 0. The summed E-state index contributed by atoms with van der Waals surface area (Å²) in [5.41, 5.74) is 1.28. The molecule has 2 aromatic rings. The number of benzene rings is 2. The first-order valence-corrected chi connectivity index (χ1v) is 7.04. The molecule has 0 aliphatic rings. The molecule has 5 heteroatoms. The fourth-order valence-electron chi connectivity index (χ4n) is 1.41. The van der Waals surface area contributed by atoms with Crippen molar-refractivity contribution in [1.29, 1.82) is 0 Å². The number of carbonyl (C=O) groups is 1. The van der Waals surface area contributed by atoms with Gasteiger partial charge in [-0.15, -0.1) is 0 Å². The van der Waals surface area contributed by atoms with Crippen LogP contribution in [0, 0.1) is 0 Å². The van der Waals surface area contributed by atoms with Crippen molar-refractivity contribution in [3.05, 3.63) is 62.0 Å². The first-order valence-electron chi connectivity index (χ1n) is 5.08. The topological polar surface area (TPSA) is 29.1 Å². The highest BCUT2D eigenvalue weighted by Gasteiger charge is 2.07. The number of rotatable bonds is 2. The van der Waals surface area contributed by atoms with Gasteiger partial charge in [0.15, 0.2) is 0 Å². The lowest BCUT2D eigenvalue weighted by atomic mass is 10.2. The summed E-state index contributed by atoms with van der Waals surface area (Å²) < 4.78 is 1.61. The minimum absolute atomic E-state index is 0.162. The van der Waals surface area contributed by atoms with E-state index in [2.05, 4.69) is 37.2 Å². The van der Waals surface area contributed by atoms with Gasteiger partial charge in [0.2, 0.25) is 0 Å². The highest BCUT2D eigenvalue weighted by Crippen LogP contribution is 2.25. The van der Waals surface area contributed by atoms with Gasteiger partial charge in [0.1, 0.15) is 0 Å². The molecule has 0 bridgehead atoms. The molecule has 1 N–H and O–H groups in total. The number of carbonyl (C=O) groups excluding carboxylic acids is 1. The van der Waals surface area contributed by atoms with Crippen LogP contribution >= 0.6 is 43.5 Å². The normalized spacial score (nSPS) is 10.2. The third-order valence-electron chi connectivity index (χ3n) is 2.26. The average molecular weight is 389 g/mol. The van der Waals surface area contributed by atoms with Crippen LogP contribution in [-0.4, -0.2) is 5.91 Å². The maximum absolute atomic E-state index is 12.0. The van der Waals surface area contributed by atoms with Crippen molar-refractivity contribution in [2.75, 3.05) is 5.32 Å². The van der Waals surface area contributed by atoms with Gasteiger partial charge in [0.05, 0.1) is 5.02 Å². The Morgan fingerprint density at radius 2 is 1.89 bits per heavy atom. The molecule has 92 valence electrons. The molecule has 2 aromatic carbocycles. The molecule has 0 fully saturated rings. The predicted octanol–water partition coefficient (Wildman–Crippen LogP) is 5.12. The lowest BCUT2D eigenvalue weighted by molar-refractivity contribution is 0.102. The molecule has 0 aromatic heterocycles. The van der Waals surface area contributed by atoms with E-state index < -0.39 is 0 Å². The van der Waals surface area contributed by atoms with Crippen molar-refractivity contribution in [2.45, 2.75) is 0 Å². The molecule has 18 heavy (non-hydrogen) atoms. The molecule has 1 amide bonds. The highest BCUT2D eigenvalue weighted by molar-refractivity contribution is 9.10. The third kappa shape index (κ3) is 3.34. The Bertz CT molecular complexity index is 601. The molecule has 0 unspecified atom stereocenters. The van der Waals surface area contributed by atoms with E-state index in [1.165, 1.54) is 0 Å². The SMILES string of the molecule is O=C(Nc1ccc(Cl)c(Br)c1)c1cccc(Br)c1. The Morgan fingerprint density at radius 1 is 1.11 bits per heavy atom. The van der Waals surface area contributed by atoms with E-state index in [1.54, 1.807) is 30.3 Å². The molecule has 2 rings (SSSR count). The van der Waals surface area contributed by atoms with Crippen molar-refractivity contribution in [3.63, 3.8) is 0 Å². The predicted molar refractivity (Wildman–Crippen MR) is 81.2 cm³/mol. The monoisotopic (exact) mass is 387 g/mol. The summed E-state index contributed by atoms with van der Waals surface area (Å²) in [6, 6.07) is 12.4. The zero-order valence-corrected chi connectivity index (χ0v) is 13.0. The standard InChI is InChI=1S/C13H8Br2ClNO/c14-9-3-1-2-8(6-9)13(18)17-10-4-5-12(16)11(15)7-10/h1-7H,(H,17,18). The van der Waals surface area contributed by atoms with E-state index >= 15 is 0 Å². The molecule has 0 spiro atoms. The van der Waals surface area contributed by atoms with Crippen molar-refractivity contribution in [2.24, 2.45) is 0 Å². The summed E-state index contributed by atoms with van der Waals surface area (Å²) >= 11 is 12.5. The van der Waals surface area contributed by atoms with Gasteiger partial charge in [-0.25, -0.2) is 0 Å². The fourth-order valence-corrected chi connectivity index (χ4v) is 2.30. The summed E-state index contributed by atoms with van der Waals surface area (Å²) in [5, 5.41) is 3.41. The van der Waals surface area contributed by atoms with Crippen LogP contribution in [0.2, 0.25) is 5.02 Å². The third-order valence-corrected chi connectivity index (χ3v) is 3.97. The summed E-state index contributed by atoms with van der Waals surface area (Å²) in [6.07, 6.45) is 0. The minimum Gasteiger partial charge on any atom is -0.322 e. The van der Waals surface area contributed by atoms with Gasteiger partial charge in [-0.2, -0.15) is 0 Å². The zero-order valence-electron chi connectivity index (χ0n) is 9.08. The summed E-state index contributed by atoms with van der Waals surface area (Å²) in [5.74, 6) is -0.162. The van der Waals surface area contributed by atoms with Crippen molar-refractivity contribution < 1.29 is 4.79 Å². The van der Waals surface area contributed by atoms with E-state index in [0.29, 0.717) is 16.3 Å². The highest BCUT2D eigenvalue weighted by atomic mass is 79.9. The lowest BCUT2D eigenvalue weighted by Gasteiger charge is -2.06. The van der Waals surface area contributed by atoms with Gasteiger partial charge >= 0.3 is 0 Å². The van der Waals surface area contributed by atoms with Crippen LogP contribution in [0.3, 0.4) is 0 Å². The molecule has 0 heterocycles. The Hall–Kier alpha value is -0.840. The molecule has 0 saturated carbocycles. The maximum atomic E-state index is 12.0. The largest absolute Gasteiger partial charge is 0.322 e. The molecule has 0 saturated heterocycles. The number of hydrogen-bond donors (Lipinski definition) is 1. The maximum Gasteiger partial charge on any atom is 0.255 e.